The minimum absolute atomic E-state index is 0.135. The number of benzene rings is 1. The highest BCUT2D eigenvalue weighted by atomic mass is 32.2. The third kappa shape index (κ3) is 3.45. The molecule has 0 aliphatic heterocycles. The molecular weight excluding hydrogens is 402 g/mol. The van der Waals surface area contributed by atoms with Gasteiger partial charge in [0.05, 0.1) is 35.3 Å². The van der Waals surface area contributed by atoms with E-state index < -0.39 is 16.1 Å². The Hall–Kier alpha value is -3.55. The molecule has 1 atom stereocenters. The Morgan fingerprint density at radius 1 is 1.27 bits per heavy atom. The molecule has 0 saturated carbocycles. The van der Waals surface area contributed by atoms with Crippen LogP contribution in [0.15, 0.2) is 60.1 Å². The number of rotatable bonds is 6. The van der Waals surface area contributed by atoms with Gasteiger partial charge in [-0.3, -0.25) is 4.68 Å². The molecule has 0 aliphatic carbocycles. The number of H-pyrrole nitrogens is 1. The normalized spacial score (nSPS) is 12.9. The van der Waals surface area contributed by atoms with Crippen LogP contribution in [-0.2, 0) is 10.0 Å². The molecule has 1 unspecified atom stereocenters. The molecule has 10 heteroatoms. The molecule has 0 amide bonds. The SMILES string of the molecule is CN(C)S(=O)(=O)c1cccc(C(CC#N)n2cc(-c3ncnc4[nH]ccc34)cn2)c1. The zero-order valence-electron chi connectivity index (χ0n) is 16.4. The summed E-state index contributed by atoms with van der Waals surface area (Å²) < 4.78 is 27.8. The maximum atomic E-state index is 12.5. The fourth-order valence-corrected chi connectivity index (χ4v) is 4.23. The molecule has 3 heterocycles. The zero-order chi connectivity index (χ0) is 21.3. The van der Waals surface area contributed by atoms with Crippen LogP contribution in [0.5, 0.6) is 0 Å². The smallest absolute Gasteiger partial charge is 0.242 e. The first-order valence-corrected chi connectivity index (χ1v) is 10.6. The van der Waals surface area contributed by atoms with E-state index in [0.717, 1.165) is 26.6 Å². The van der Waals surface area contributed by atoms with Crippen molar-refractivity contribution in [3.63, 3.8) is 0 Å². The predicted octanol–water partition coefficient (Wildman–Crippen LogP) is 2.57. The van der Waals surface area contributed by atoms with Gasteiger partial charge in [-0.2, -0.15) is 10.4 Å². The number of aromatic nitrogens is 5. The highest BCUT2D eigenvalue weighted by Crippen LogP contribution is 2.29. The van der Waals surface area contributed by atoms with Crippen molar-refractivity contribution in [2.45, 2.75) is 17.4 Å². The van der Waals surface area contributed by atoms with Gasteiger partial charge in [-0.25, -0.2) is 22.7 Å². The number of nitrogens with zero attached hydrogens (tertiary/aromatic N) is 6. The quantitative estimate of drug-likeness (QED) is 0.511. The molecular formula is C20H19N7O2S. The van der Waals surface area contributed by atoms with E-state index in [9.17, 15) is 13.7 Å². The molecule has 0 bridgehead atoms. The van der Waals surface area contributed by atoms with Crippen LogP contribution in [0, 0.1) is 11.3 Å². The fourth-order valence-electron chi connectivity index (χ4n) is 3.28. The minimum atomic E-state index is -3.59. The number of nitriles is 1. The molecule has 1 N–H and O–H groups in total. The maximum Gasteiger partial charge on any atom is 0.242 e. The van der Waals surface area contributed by atoms with Crippen LogP contribution in [0.25, 0.3) is 22.3 Å². The Kier molecular flexibility index (Phi) is 5.07. The second-order valence-electron chi connectivity index (χ2n) is 6.91. The van der Waals surface area contributed by atoms with Crippen molar-refractivity contribution in [3.8, 4) is 17.3 Å². The van der Waals surface area contributed by atoms with Gasteiger partial charge in [0.15, 0.2) is 0 Å². The average Bonchev–Trinajstić information content (AvgIpc) is 3.41. The first-order valence-electron chi connectivity index (χ1n) is 9.14. The first-order chi connectivity index (χ1) is 14.4. The van der Waals surface area contributed by atoms with Crippen LogP contribution in [0.1, 0.15) is 18.0 Å². The largest absolute Gasteiger partial charge is 0.346 e. The van der Waals surface area contributed by atoms with Crippen LogP contribution in [0.3, 0.4) is 0 Å². The van der Waals surface area contributed by atoms with Crippen molar-refractivity contribution in [2.75, 3.05) is 14.1 Å². The van der Waals surface area contributed by atoms with E-state index in [1.54, 1.807) is 41.3 Å². The summed E-state index contributed by atoms with van der Waals surface area (Å²) in [5, 5.41) is 14.7. The lowest BCUT2D eigenvalue weighted by Crippen LogP contribution is -2.22. The number of fused-ring (bicyclic) bond motifs is 1. The molecule has 152 valence electrons. The monoisotopic (exact) mass is 421 g/mol. The highest BCUT2D eigenvalue weighted by molar-refractivity contribution is 7.89. The number of hydrogen-bond donors (Lipinski definition) is 1. The molecule has 3 aromatic heterocycles. The van der Waals surface area contributed by atoms with Gasteiger partial charge < -0.3 is 4.98 Å². The third-order valence-electron chi connectivity index (χ3n) is 4.85. The number of nitrogens with one attached hydrogen (secondary N) is 1. The third-order valence-corrected chi connectivity index (χ3v) is 6.67. The predicted molar refractivity (Wildman–Crippen MR) is 111 cm³/mol. The van der Waals surface area contributed by atoms with E-state index >= 15 is 0 Å². The van der Waals surface area contributed by atoms with Crippen LogP contribution in [-0.4, -0.2) is 51.6 Å². The summed E-state index contributed by atoms with van der Waals surface area (Å²) in [7, 11) is -0.617. The van der Waals surface area contributed by atoms with E-state index in [2.05, 4.69) is 26.1 Å². The lowest BCUT2D eigenvalue weighted by Gasteiger charge is -2.17. The van der Waals surface area contributed by atoms with Gasteiger partial charge in [-0.05, 0) is 23.8 Å². The molecule has 0 aliphatic rings. The average molecular weight is 421 g/mol. The lowest BCUT2D eigenvalue weighted by molar-refractivity contribution is 0.517. The van der Waals surface area contributed by atoms with Crippen molar-refractivity contribution >= 4 is 21.1 Å². The second kappa shape index (κ2) is 7.70. The summed E-state index contributed by atoms with van der Waals surface area (Å²) in [5.74, 6) is 0. The minimum Gasteiger partial charge on any atom is -0.346 e. The molecule has 0 saturated heterocycles. The summed E-state index contributed by atoms with van der Waals surface area (Å²) >= 11 is 0. The van der Waals surface area contributed by atoms with Crippen LogP contribution >= 0.6 is 0 Å². The van der Waals surface area contributed by atoms with Crippen LogP contribution in [0.2, 0.25) is 0 Å². The van der Waals surface area contributed by atoms with Gasteiger partial charge >= 0.3 is 0 Å². The van der Waals surface area contributed by atoms with Gasteiger partial charge in [-0.15, -0.1) is 0 Å². The Balaban J connectivity index is 1.75. The van der Waals surface area contributed by atoms with E-state index in [0.29, 0.717) is 5.56 Å². The van der Waals surface area contributed by atoms with E-state index in [1.165, 1.54) is 20.4 Å². The summed E-state index contributed by atoms with van der Waals surface area (Å²) in [6.07, 6.45) is 6.90. The molecule has 0 fully saturated rings. The number of aromatic amines is 1. The van der Waals surface area contributed by atoms with Crippen molar-refractivity contribution in [3.05, 3.63) is 60.8 Å². The first kappa shape index (κ1) is 19.8. The molecule has 1 aromatic carbocycles. The molecule has 9 nitrogen and oxygen atoms in total. The number of hydrogen-bond acceptors (Lipinski definition) is 6. The maximum absolute atomic E-state index is 12.5. The summed E-state index contributed by atoms with van der Waals surface area (Å²) in [4.78, 5) is 11.8. The van der Waals surface area contributed by atoms with Crippen molar-refractivity contribution in [1.29, 1.82) is 5.26 Å². The zero-order valence-corrected chi connectivity index (χ0v) is 17.2. The fraction of sp³-hybridized carbons (Fsp3) is 0.200. The molecule has 4 rings (SSSR count). The Labute approximate surface area is 173 Å². The van der Waals surface area contributed by atoms with Crippen LogP contribution in [0.4, 0.5) is 0 Å². The molecule has 30 heavy (non-hydrogen) atoms. The van der Waals surface area contributed by atoms with Gasteiger partial charge in [-0.1, -0.05) is 12.1 Å². The van der Waals surface area contributed by atoms with Crippen molar-refractivity contribution in [2.24, 2.45) is 0 Å². The summed E-state index contributed by atoms with van der Waals surface area (Å²) in [6.45, 7) is 0. The Bertz CT molecular complexity index is 1350. The highest BCUT2D eigenvalue weighted by Gasteiger charge is 2.21. The summed E-state index contributed by atoms with van der Waals surface area (Å²) in [6, 6.07) is 10.2. The standard InChI is InChI=1S/C20H19N7O2S/c1-26(2)30(28,29)16-5-3-4-14(10-16)18(6-8-21)27-12-15(11-25-27)19-17-7-9-22-20(17)24-13-23-19/h3-5,7,9-13,18H,6H2,1-2H3,(H,22,23,24). The second-order valence-corrected chi connectivity index (χ2v) is 9.06. The van der Waals surface area contributed by atoms with Gasteiger partial charge in [0.1, 0.15) is 12.0 Å². The Morgan fingerprint density at radius 2 is 2.10 bits per heavy atom. The summed E-state index contributed by atoms with van der Waals surface area (Å²) in [5.41, 5.74) is 2.92. The van der Waals surface area contributed by atoms with Crippen LogP contribution < -0.4 is 0 Å². The molecule has 0 radical (unpaired) electrons. The molecule has 0 spiro atoms. The Morgan fingerprint density at radius 3 is 2.87 bits per heavy atom. The van der Waals surface area contributed by atoms with Gasteiger partial charge in [0.25, 0.3) is 0 Å². The molecule has 4 aromatic rings. The van der Waals surface area contributed by atoms with E-state index in [1.807, 2.05) is 12.3 Å². The van der Waals surface area contributed by atoms with E-state index in [-0.39, 0.29) is 11.3 Å². The van der Waals surface area contributed by atoms with Gasteiger partial charge in [0.2, 0.25) is 10.0 Å². The van der Waals surface area contributed by atoms with Gasteiger partial charge in [0, 0.05) is 37.4 Å². The van der Waals surface area contributed by atoms with Crippen molar-refractivity contribution < 1.29 is 8.42 Å². The van der Waals surface area contributed by atoms with Crippen molar-refractivity contribution in [1.82, 2.24) is 29.0 Å². The topological polar surface area (TPSA) is 121 Å². The lowest BCUT2D eigenvalue weighted by atomic mass is 10.0. The van der Waals surface area contributed by atoms with E-state index in [4.69, 9.17) is 0 Å². The number of sulfonamides is 1.